The van der Waals surface area contributed by atoms with Crippen LogP contribution >= 0.6 is 12.0 Å². The van der Waals surface area contributed by atoms with Crippen molar-refractivity contribution in [2.75, 3.05) is 30.3 Å². The van der Waals surface area contributed by atoms with Crippen LogP contribution < -0.4 is 10.6 Å². The molecular formula is C29H27N5O5S. The molecule has 1 unspecified atom stereocenters. The predicted octanol–water partition coefficient (Wildman–Crippen LogP) is 4.93. The summed E-state index contributed by atoms with van der Waals surface area (Å²) in [5.74, 6) is -1.40. The number of anilines is 2. The molecule has 1 aliphatic rings. The summed E-state index contributed by atoms with van der Waals surface area (Å²) in [6, 6.07) is 19.9. The largest absolute Gasteiger partial charge is 0.359 e. The Morgan fingerprint density at radius 3 is 2.38 bits per heavy atom. The topological polar surface area (TPSA) is 135 Å². The van der Waals surface area contributed by atoms with Gasteiger partial charge in [-0.15, -0.1) is 0 Å². The number of piperazine rings is 1. The highest BCUT2D eigenvalue weighted by molar-refractivity contribution is 7.93. The van der Waals surface area contributed by atoms with Crippen LogP contribution in [-0.2, 0) is 4.79 Å². The van der Waals surface area contributed by atoms with Crippen LogP contribution in [0.4, 0.5) is 16.2 Å². The number of nitrogens with one attached hydrogen (secondary N) is 3. The molecule has 5 rings (SSSR count). The SMILES string of the molecule is CC1CN(C(=O)c2ccccc2)CCN1C(=O)C(=O)c1c[nH]c2c(NC(=O)Nc3ccc(SO)cc3)cccc12. The molecule has 4 amide bonds. The normalized spacial score (nSPS) is 15.1. The molecule has 40 heavy (non-hydrogen) atoms. The summed E-state index contributed by atoms with van der Waals surface area (Å²) in [4.78, 5) is 58.9. The molecule has 3 aromatic carbocycles. The molecule has 11 heteroatoms. The fraction of sp³-hybridized carbons (Fsp3) is 0.172. The fourth-order valence-corrected chi connectivity index (χ4v) is 5.04. The number of H-pyrrole nitrogens is 1. The molecule has 1 saturated heterocycles. The predicted molar refractivity (Wildman–Crippen MR) is 154 cm³/mol. The van der Waals surface area contributed by atoms with Crippen molar-refractivity contribution < 1.29 is 23.7 Å². The van der Waals surface area contributed by atoms with Crippen molar-refractivity contribution in [1.29, 1.82) is 0 Å². The van der Waals surface area contributed by atoms with E-state index in [1.807, 2.05) is 13.0 Å². The molecule has 10 nitrogen and oxygen atoms in total. The number of Topliss-reactive ketones (excluding diaryl/α,β-unsaturated/α-hetero) is 1. The highest BCUT2D eigenvalue weighted by Crippen LogP contribution is 2.27. The van der Waals surface area contributed by atoms with E-state index >= 15 is 0 Å². The minimum atomic E-state index is -0.663. The fourth-order valence-electron chi connectivity index (χ4n) is 4.78. The monoisotopic (exact) mass is 557 g/mol. The zero-order chi connectivity index (χ0) is 28.2. The van der Waals surface area contributed by atoms with Crippen molar-refractivity contribution in [3.63, 3.8) is 0 Å². The Kier molecular flexibility index (Phi) is 7.85. The number of carbonyl (C=O) groups excluding carboxylic acids is 4. The molecule has 0 radical (unpaired) electrons. The second kappa shape index (κ2) is 11.6. The van der Waals surface area contributed by atoms with E-state index in [0.29, 0.717) is 57.9 Å². The second-order valence-electron chi connectivity index (χ2n) is 9.42. The number of rotatable bonds is 6. The molecule has 0 bridgehead atoms. The Hall–Kier alpha value is -4.61. The molecule has 0 spiro atoms. The minimum Gasteiger partial charge on any atom is -0.359 e. The molecule has 1 fully saturated rings. The van der Waals surface area contributed by atoms with Crippen molar-refractivity contribution in [2.24, 2.45) is 0 Å². The van der Waals surface area contributed by atoms with E-state index < -0.39 is 17.7 Å². The number of benzene rings is 3. The number of para-hydroxylation sites is 1. The van der Waals surface area contributed by atoms with Crippen molar-refractivity contribution in [1.82, 2.24) is 14.8 Å². The number of aromatic nitrogens is 1. The van der Waals surface area contributed by atoms with Crippen LogP contribution in [0.1, 0.15) is 27.6 Å². The van der Waals surface area contributed by atoms with E-state index in [0.717, 1.165) is 0 Å². The summed E-state index contributed by atoms with van der Waals surface area (Å²) in [6.45, 7) is 2.72. The first-order valence-electron chi connectivity index (χ1n) is 12.6. The van der Waals surface area contributed by atoms with E-state index in [1.165, 1.54) is 11.1 Å². The highest BCUT2D eigenvalue weighted by atomic mass is 32.2. The van der Waals surface area contributed by atoms with Gasteiger partial charge in [-0.2, -0.15) is 0 Å². The smallest absolute Gasteiger partial charge is 0.323 e. The van der Waals surface area contributed by atoms with Crippen LogP contribution in [0.5, 0.6) is 0 Å². The van der Waals surface area contributed by atoms with Gasteiger partial charge in [0, 0.05) is 65.4 Å². The lowest BCUT2D eigenvalue weighted by molar-refractivity contribution is -0.130. The number of fused-ring (bicyclic) bond motifs is 1. The van der Waals surface area contributed by atoms with Gasteiger partial charge in [0.15, 0.2) is 0 Å². The maximum atomic E-state index is 13.3. The summed E-state index contributed by atoms with van der Waals surface area (Å²) in [5.41, 5.74) is 2.27. The van der Waals surface area contributed by atoms with Crippen molar-refractivity contribution in [2.45, 2.75) is 17.9 Å². The number of aromatic amines is 1. The maximum absolute atomic E-state index is 13.3. The first-order valence-corrected chi connectivity index (χ1v) is 13.4. The van der Waals surface area contributed by atoms with Gasteiger partial charge in [-0.25, -0.2) is 4.79 Å². The first kappa shape index (κ1) is 27.0. The average molecular weight is 558 g/mol. The summed E-state index contributed by atoms with van der Waals surface area (Å²) < 4.78 is 9.09. The number of amides is 4. The Bertz CT molecular complexity index is 1570. The van der Waals surface area contributed by atoms with Gasteiger partial charge in [0.1, 0.15) is 0 Å². The summed E-state index contributed by atoms with van der Waals surface area (Å²) in [7, 11) is 0. The Labute approximate surface area is 234 Å². The summed E-state index contributed by atoms with van der Waals surface area (Å²) in [6.07, 6.45) is 1.47. The van der Waals surface area contributed by atoms with Gasteiger partial charge in [0.2, 0.25) is 0 Å². The van der Waals surface area contributed by atoms with Gasteiger partial charge in [0.05, 0.1) is 16.8 Å². The lowest BCUT2D eigenvalue weighted by atomic mass is 10.1. The molecule has 0 aliphatic carbocycles. The quantitative estimate of drug-likeness (QED) is 0.151. The number of carbonyl (C=O) groups is 4. The molecule has 4 N–H and O–H groups in total. The van der Waals surface area contributed by atoms with Gasteiger partial charge < -0.3 is 30.0 Å². The van der Waals surface area contributed by atoms with E-state index in [9.17, 15) is 19.2 Å². The third-order valence-corrected chi connectivity index (χ3v) is 7.30. The van der Waals surface area contributed by atoms with Crippen molar-refractivity contribution in [3.8, 4) is 0 Å². The van der Waals surface area contributed by atoms with Crippen LogP contribution in [0.3, 0.4) is 0 Å². The van der Waals surface area contributed by atoms with Crippen LogP contribution in [0, 0.1) is 0 Å². The third kappa shape index (κ3) is 5.56. The maximum Gasteiger partial charge on any atom is 0.323 e. The van der Waals surface area contributed by atoms with Gasteiger partial charge in [0.25, 0.3) is 17.6 Å². The molecule has 4 aromatic rings. The minimum absolute atomic E-state index is 0.104. The van der Waals surface area contributed by atoms with E-state index in [2.05, 4.69) is 15.6 Å². The summed E-state index contributed by atoms with van der Waals surface area (Å²) >= 11 is 0.614. The number of hydrogen-bond donors (Lipinski definition) is 4. The molecule has 204 valence electrons. The van der Waals surface area contributed by atoms with Gasteiger partial charge >= 0.3 is 6.03 Å². The Balaban J connectivity index is 1.26. The summed E-state index contributed by atoms with van der Waals surface area (Å²) in [5, 5.41) is 5.98. The van der Waals surface area contributed by atoms with Crippen molar-refractivity contribution >= 4 is 57.9 Å². The van der Waals surface area contributed by atoms with E-state index in [1.54, 1.807) is 71.6 Å². The molecule has 1 aliphatic heterocycles. The van der Waals surface area contributed by atoms with Crippen molar-refractivity contribution in [3.05, 3.63) is 90.1 Å². The zero-order valence-corrected chi connectivity index (χ0v) is 22.4. The lowest BCUT2D eigenvalue weighted by Gasteiger charge is -2.39. The van der Waals surface area contributed by atoms with Gasteiger partial charge in [-0.1, -0.05) is 30.3 Å². The Morgan fingerprint density at radius 1 is 0.925 bits per heavy atom. The highest BCUT2D eigenvalue weighted by Gasteiger charge is 2.34. The Morgan fingerprint density at radius 2 is 1.68 bits per heavy atom. The third-order valence-electron chi connectivity index (χ3n) is 6.82. The average Bonchev–Trinajstić information content (AvgIpc) is 3.42. The number of hydrogen-bond acceptors (Lipinski definition) is 6. The molecular weight excluding hydrogens is 530 g/mol. The van der Waals surface area contributed by atoms with E-state index in [-0.39, 0.29) is 24.1 Å². The molecule has 0 saturated carbocycles. The first-order chi connectivity index (χ1) is 19.4. The van der Waals surface area contributed by atoms with E-state index in [4.69, 9.17) is 4.55 Å². The van der Waals surface area contributed by atoms with Crippen LogP contribution in [0.2, 0.25) is 0 Å². The second-order valence-corrected chi connectivity index (χ2v) is 10.1. The number of ketones is 1. The standard InChI is InChI=1S/C29H27N5O5S/c1-18-17-33(27(36)19-6-3-2-4-7-19)14-15-34(18)28(37)26(35)23-16-30-25-22(23)8-5-9-24(25)32-29(38)31-20-10-12-21(40-39)13-11-20/h2-13,16,18,30,39H,14-15,17H2,1H3,(H2,31,32,38). The molecule has 2 heterocycles. The lowest BCUT2D eigenvalue weighted by Crippen LogP contribution is -2.56. The number of urea groups is 1. The van der Waals surface area contributed by atoms with Crippen LogP contribution in [-0.4, -0.2) is 68.6 Å². The van der Waals surface area contributed by atoms with Gasteiger partial charge in [-0.05, 0) is 49.4 Å². The number of nitrogens with zero attached hydrogens (tertiary/aromatic N) is 2. The van der Waals surface area contributed by atoms with Gasteiger partial charge in [-0.3, -0.25) is 14.4 Å². The molecule has 1 atom stereocenters. The van der Waals surface area contributed by atoms with Crippen LogP contribution in [0.15, 0.2) is 83.9 Å². The zero-order valence-electron chi connectivity index (χ0n) is 21.6. The van der Waals surface area contributed by atoms with Crippen LogP contribution in [0.25, 0.3) is 10.9 Å². The molecule has 1 aromatic heterocycles.